The molecule has 0 bridgehead atoms. The summed E-state index contributed by atoms with van der Waals surface area (Å²) in [6.07, 6.45) is 0. The first-order valence-corrected chi connectivity index (χ1v) is 5.89. The number of halogens is 4. The van der Waals surface area contributed by atoms with Gasteiger partial charge in [0.25, 0.3) is 0 Å². The van der Waals surface area contributed by atoms with Crippen molar-refractivity contribution in [2.24, 2.45) is 0 Å². The summed E-state index contributed by atoms with van der Waals surface area (Å²) in [5, 5.41) is 0.476. The Morgan fingerprint density at radius 3 is 2.31 bits per heavy atom. The van der Waals surface area contributed by atoms with Crippen molar-refractivity contribution in [2.75, 3.05) is 0 Å². The summed E-state index contributed by atoms with van der Waals surface area (Å²) >= 11 is 14.8. The average Bonchev–Trinajstić information content (AvgIpc) is 2.20. The molecule has 0 amide bonds. The van der Waals surface area contributed by atoms with Crippen LogP contribution in [0.5, 0.6) is 0 Å². The number of benzene rings is 1. The lowest BCUT2D eigenvalue weighted by molar-refractivity contribution is 0.631. The third-order valence-electron chi connectivity index (χ3n) is 2.00. The van der Waals surface area contributed by atoms with Gasteiger partial charge in [-0.3, -0.25) is 0 Å². The van der Waals surface area contributed by atoms with Crippen molar-refractivity contribution in [2.45, 2.75) is 0 Å². The van der Waals surface area contributed by atoms with E-state index in [0.29, 0.717) is 11.1 Å². The van der Waals surface area contributed by atoms with Crippen LogP contribution in [0.3, 0.4) is 0 Å². The van der Waals surface area contributed by atoms with Gasteiger partial charge in [0, 0.05) is 10.0 Å². The number of aromatic nitrogens is 1. The number of nitrogens with zero attached hydrogens (tertiary/aromatic N) is 1. The number of rotatable bonds is 1. The maximum absolute atomic E-state index is 13.6. The molecule has 1 heterocycles. The lowest BCUT2D eigenvalue weighted by Gasteiger charge is -2.05. The second-order valence-electron chi connectivity index (χ2n) is 3.13. The lowest BCUT2D eigenvalue weighted by Crippen LogP contribution is -1.86. The van der Waals surface area contributed by atoms with Crippen molar-refractivity contribution in [3.05, 3.63) is 50.9 Å². The van der Waals surface area contributed by atoms with Crippen LogP contribution in [-0.2, 0) is 0 Å². The summed E-state index contributed by atoms with van der Waals surface area (Å²) in [5.74, 6) is -0.332. The summed E-state index contributed by atoms with van der Waals surface area (Å²) in [4.78, 5) is 3.81. The molecule has 0 N–H and O–H groups in total. The minimum Gasteiger partial charge on any atom is -0.224 e. The van der Waals surface area contributed by atoms with Crippen molar-refractivity contribution in [3.8, 4) is 11.1 Å². The van der Waals surface area contributed by atoms with Crippen LogP contribution in [0.4, 0.5) is 4.39 Å². The molecule has 1 nitrogen and oxygen atoms in total. The highest BCUT2D eigenvalue weighted by Gasteiger charge is 2.08. The molecule has 0 fully saturated rings. The molecule has 0 aliphatic rings. The van der Waals surface area contributed by atoms with Crippen LogP contribution < -0.4 is 0 Å². The highest BCUT2D eigenvalue weighted by Crippen LogP contribution is 2.29. The predicted octanol–water partition coefficient (Wildman–Crippen LogP) is 4.96. The molecule has 0 spiro atoms. The Morgan fingerprint density at radius 2 is 1.69 bits per heavy atom. The summed E-state index contributed by atoms with van der Waals surface area (Å²) in [7, 11) is 0. The molecule has 5 heteroatoms. The minimum absolute atomic E-state index is 0.238. The van der Waals surface area contributed by atoms with Gasteiger partial charge < -0.3 is 0 Å². The third kappa shape index (κ3) is 2.54. The number of pyridine rings is 1. The molecule has 1 aromatic heterocycles. The molecule has 1 aromatic carbocycles. The topological polar surface area (TPSA) is 12.9 Å². The minimum atomic E-state index is -0.332. The van der Waals surface area contributed by atoms with E-state index in [1.54, 1.807) is 24.3 Å². The van der Waals surface area contributed by atoms with Gasteiger partial charge in [-0.25, -0.2) is 9.37 Å². The zero-order chi connectivity index (χ0) is 11.7. The van der Waals surface area contributed by atoms with E-state index < -0.39 is 0 Å². The van der Waals surface area contributed by atoms with Gasteiger partial charge in [0.15, 0.2) is 0 Å². The van der Waals surface area contributed by atoms with Crippen LogP contribution in [-0.4, -0.2) is 4.98 Å². The molecule has 0 aliphatic carbocycles. The molecule has 0 aliphatic heterocycles. The van der Waals surface area contributed by atoms with Crippen molar-refractivity contribution in [1.29, 1.82) is 0 Å². The normalized spacial score (nSPS) is 10.5. The number of hydrogen-bond acceptors (Lipinski definition) is 1. The summed E-state index contributed by atoms with van der Waals surface area (Å²) in [5.41, 5.74) is 1.03. The first-order chi connectivity index (χ1) is 7.56. The monoisotopic (exact) mass is 319 g/mol. The van der Waals surface area contributed by atoms with E-state index in [-0.39, 0.29) is 16.1 Å². The van der Waals surface area contributed by atoms with Crippen LogP contribution in [0.25, 0.3) is 11.1 Å². The van der Waals surface area contributed by atoms with Gasteiger partial charge in [0.1, 0.15) is 16.1 Å². The molecule has 0 saturated heterocycles. The van der Waals surface area contributed by atoms with Gasteiger partial charge in [0.2, 0.25) is 0 Å². The van der Waals surface area contributed by atoms with Gasteiger partial charge in [-0.15, -0.1) is 0 Å². The SMILES string of the molecule is Fc1ccc(Br)cc1-c1cc(Cl)nc(Cl)c1. The molecular weight excluding hydrogens is 316 g/mol. The Hall–Kier alpha value is -0.640. The first-order valence-electron chi connectivity index (χ1n) is 4.35. The Kier molecular flexibility index (Phi) is 3.47. The van der Waals surface area contributed by atoms with Gasteiger partial charge in [-0.1, -0.05) is 39.1 Å². The van der Waals surface area contributed by atoms with E-state index in [1.807, 2.05) is 0 Å². The molecule has 0 radical (unpaired) electrons. The molecule has 82 valence electrons. The molecule has 0 saturated carbocycles. The summed E-state index contributed by atoms with van der Waals surface area (Å²) < 4.78 is 14.4. The van der Waals surface area contributed by atoms with Crippen LogP contribution in [0.15, 0.2) is 34.8 Å². The summed E-state index contributed by atoms with van der Waals surface area (Å²) in [6, 6.07) is 7.80. The molecule has 2 aromatic rings. The van der Waals surface area contributed by atoms with E-state index in [4.69, 9.17) is 23.2 Å². The average molecular weight is 321 g/mol. The second-order valence-corrected chi connectivity index (χ2v) is 4.82. The quantitative estimate of drug-likeness (QED) is 0.677. The second kappa shape index (κ2) is 4.70. The molecule has 16 heavy (non-hydrogen) atoms. The maximum atomic E-state index is 13.6. The van der Waals surface area contributed by atoms with Crippen molar-refractivity contribution in [3.63, 3.8) is 0 Å². The maximum Gasteiger partial charge on any atom is 0.131 e. The first kappa shape index (κ1) is 11.8. The van der Waals surface area contributed by atoms with Gasteiger partial charge in [0.05, 0.1) is 0 Å². The fraction of sp³-hybridized carbons (Fsp3) is 0. The standard InChI is InChI=1S/C11H5BrCl2FN/c12-7-1-2-9(15)8(5-7)6-3-10(13)16-11(14)4-6/h1-5H. The smallest absolute Gasteiger partial charge is 0.131 e. The van der Waals surface area contributed by atoms with Gasteiger partial charge in [-0.2, -0.15) is 0 Å². The Morgan fingerprint density at radius 1 is 1.06 bits per heavy atom. The van der Waals surface area contributed by atoms with E-state index >= 15 is 0 Å². The number of hydrogen-bond donors (Lipinski definition) is 0. The van der Waals surface area contributed by atoms with Crippen LogP contribution in [0.1, 0.15) is 0 Å². The van der Waals surface area contributed by atoms with Gasteiger partial charge in [-0.05, 0) is 35.9 Å². The Labute approximate surface area is 110 Å². The van der Waals surface area contributed by atoms with E-state index in [2.05, 4.69) is 20.9 Å². The zero-order valence-electron chi connectivity index (χ0n) is 7.85. The van der Waals surface area contributed by atoms with Crippen LogP contribution >= 0.6 is 39.1 Å². The Bertz CT molecular complexity index is 525. The van der Waals surface area contributed by atoms with Crippen molar-refractivity contribution in [1.82, 2.24) is 4.98 Å². The van der Waals surface area contributed by atoms with E-state index in [9.17, 15) is 4.39 Å². The van der Waals surface area contributed by atoms with Gasteiger partial charge >= 0.3 is 0 Å². The van der Waals surface area contributed by atoms with Crippen LogP contribution in [0.2, 0.25) is 10.3 Å². The summed E-state index contributed by atoms with van der Waals surface area (Å²) in [6.45, 7) is 0. The molecule has 2 rings (SSSR count). The molecule has 0 atom stereocenters. The largest absolute Gasteiger partial charge is 0.224 e. The predicted molar refractivity (Wildman–Crippen MR) is 67.4 cm³/mol. The van der Waals surface area contributed by atoms with Crippen molar-refractivity contribution >= 4 is 39.1 Å². The fourth-order valence-corrected chi connectivity index (χ4v) is 2.16. The highest BCUT2D eigenvalue weighted by molar-refractivity contribution is 9.10. The van der Waals surface area contributed by atoms with E-state index in [1.165, 1.54) is 6.07 Å². The molecular formula is C11H5BrCl2FN. The lowest BCUT2D eigenvalue weighted by atomic mass is 10.1. The highest BCUT2D eigenvalue weighted by atomic mass is 79.9. The van der Waals surface area contributed by atoms with Crippen molar-refractivity contribution < 1.29 is 4.39 Å². The van der Waals surface area contributed by atoms with Crippen LogP contribution in [0, 0.1) is 5.82 Å². The Balaban J connectivity index is 2.62. The zero-order valence-corrected chi connectivity index (χ0v) is 10.9. The van der Waals surface area contributed by atoms with E-state index in [0.717, 1.165) is 4.47 Å². The fourth-order valence-electron chi connectivity index (χ4n) is 1.34. The third-order valence-corrected chi connectivity index (χ3v) is 2.88. The molecule has 0 unspecified atom stereocenters.